The van der Waals surface area contributed by atoms with Crippen molar-refractivity contribution in [1.29, 1.82) is 0 Å². The maximum absolute atomic E-state index is 13.1. The van der Waals surface area contributed by atoms with Gasteiger partial charge in [-0.25, -0.2) is 0 Å². The van der Waals surface area contributed by atoms with Gasteiger partial charge >= 0.3 is 0 Å². The third kappa shape index (κ3) is 7.24. The van der Waals surface area contributed by atoms with Crippen molar-refractivity contribution in [3.8, 4) is 0 Å². The Morgan fingerprint density at radius 1 is 1.03 bits per heavy atom. The van der Waals surface area contributed by atoms with E-state index in [-0.39, 0.29) is 17.9 Å². The van der Waals surface area contributed by atoms with Crippen LogP contribution in [0.1, 0.15) is 43.9 Å². The van der Waals surface area contributed by atoms with E-state index < -0.39 is 6.04 Å². The smallest absolute Gasteiger partial charge is 0.242 e. The van der Waals surface area contributed by atoms with E-state index in [1.54, 1.807) is 4.90 Å². The number of benzene rings is 2. The number of carbonyl (C=O) groups is 2. The average Bonchev–Trinajstić information content (AvgIpc) is 2.70. The zero-order chi connectivity index (χ0) is 21.4. The molecule has 0 saturated heterocycles. The number of carbonyl (C=O) groups excluding carboxylic acids is 2. The SMILES string of the molecule is CC[C@@H](C)NC(=O)[C@@H](C)N(Cc1cccc(C)c1)C(=O)CSc1ccc(C)cc1. The van der Waals surface area contributed by atoms with E-state index in [2.05, 4.69) is 11.4 Å². The minimum Gasteiger partial charge on any atom is -0.352 e. The van der Waals surface area contributed by atoms with Crippen LogP contribution in [-0.4, -0.2) is 34.6 Å². The molecule has 5 heteroatoms. The Morgan fingerprint density at radius 2 is 1.72 bits per heavy atom. The van der Waals surface area contributed by atoms with Crippen LogP contribution in [0.2, 0.25) is 0 Å². The summed E-state index contributed by atoms with van der Waals surface area (Å²) in [6, 6.07) is 15.8. The molecule has 2 atom stereocenters. The summed E-state index contributed by atoms with van der Waals surface area (Å²) in [5, 5.41) is 3.00. The van der Waals surface area contributed by atoms with Crippen molar-refractivity contribution in [3.05, 3.63) is 65.2 Å². The first-order valence-corrected chi connectivity index (χ1v) is 11.1. The molecule has 2 aromatic carbocycles. The van der Waals surface area contributed by atoms with Gasteiger partial charge in [0.2, 0.25) is 11.8 Å². The van der Waals surface area contributed by atoms with Crippen LogP contribution in [0.15, 0.2) is 53.4 Å². The molecule has 0 fully saturated rings. The fraction of sp³-hybridized carbons (Fsp3) is 0.417. The van der Waals surface area contributed by atoms with Gasteiger partial charge in [-0.05, 0) is 51.8 Å². The van der Waals surface area contributed by atoms with Gasteiger partial charge in [0, 0.05) is 17.5 Å². The summed E-state index contributed by atoms with van der Waals surface area (Å²) in [4.78, 5) is 28.6. The number of nitrogens with zero attached hydrogens (tertiary/aromatic N) is 1. The number of aryl methyl sites for hydroxylation is 2. The minimum atomic E-state index is -0.532. The number of hydrogen-bond acceptors (Lipinski definition) is 3. The quantitative estimate of drug-likeness (QED) is 0.606. The molecule has 0 aliphatic heterocycles. The van der Waals surface area contributed by atoms with Crippen molar-refractivity contribution in [3.63, 3.8) is 0 Å². The fourth-order valence-corrected chi connectivity index (χ4v) is 3.70. The van der Waals surface area contributed by atoms with E-state index in [1.165, 1.54) is 17.3 Å². The summed E-state index contributed by atoms with van der Waals surface area (Å²) in [6.07, 6.45) is 0.855. The normalized spacial score (nSPS) is 12.9. The first kappa shape index (κ1) is 23.0. The van der Waals surface area contributed by atoms with E-state index in [4.69, 9.17) is 0 Å². The molecule has 2 aromatic rings. The van der Waals surface area contributed by atoms with Crippen LogP contribution in [0.3, 0.4) is 0 Å². The molecule has 1 N–H and O–H groups in total. The molecule has 2 rings (SSSR count). The van der Waals surface area contributed by atoms with Gasteiger partial charge in [-0.3, -0.25) is 9.59 Å². The lowest BCUT2D eigenvalue weighted by Gasteiger charge is -2.29. The highest BCUT2D eigenvalue weighted by molar-refractivity contribution is 8.00. The highest BCUT2D eigenvalue weighted by Crippen LogP contribution is 2.20. The summed E-state index contributed by atoms with van der Waals surface area (Å²) in [5.74, 6) is 0.153. The summed E-state index contributed by atoms with van der Waals surface area (Å²) >= 11 is 1.50. The lowest BCUT2D eigenvalue weighted by Crippen LogP contribution is -2.50. The van der Waals surface area contributed by atoms with Crippen molar-refractivity contribution >= 4 is 23.6 Å². The highest BCUT2D eigenvalue weighted by Gasteiger charge is 2.26. The number of rotatable bonds is 9. The lowest BCUT2D eigenvalue weighted by atomic mass is 10.1. The zero-order valence-electron chi connectivity index (χ0n) is 18.1. The zero-order valence-corrected chi connectivity index (χ0v) is 18.9. The first-order chi connectivity index (χ1) is 13.8. The molecular formula is C24H32N2O2S. The third-order valence-electron chi connectivity index (χ3n) is 4.99. The van der Waals surface area contributed by atoms with Gasteiger partial charge in [0.1, 0.15) is 6.04 Å². The van der Waals surface area contributed by atoms with E-state index in [1.807, 2.05) is 77.1 Å². The Balaban J connectivity index is 2.14. The van der Waals surface area contributed by atoms with Crippen LogP contribution >= 0.6 is 11.8 Å². The third-order valence-corrected chi connectivity index (χ3v) is 5.98. The molecule has 0 radical (unpaired) electrons. The van der Waals surface area contributed by atoms with Gasteiger partial charge in [0.15, 0.2) is 0 Å². The van der Waals surface area contributed by atoms with Gasteiger partial charge in [0.05, 0.1) is 5.75 Å². The van der Waals surface area contributed by atoms with Crippen LogP contribution in [0.25, 0.3) is 0 Å². The Morgan fingerprint density at radius 3 is 2.34 bits per heavy atom. The maximum atomic E-state index is 13.1. The van der Waals surface area contributed by atoms with E-state index in [0.717, 1.165) is 22.4 Å². The van der Waals surface area contributed by atoms with Crippen molar-refractivity contribution in [1.82, 2.24) is 10.2 Å². The minimum absolute atomic E-state index is 0.0381. The Hall–Kier alpha value is -2.27. The molecule has 0 saturated carbocycles. The van der Waals surface area contributed by atoms with Crippen LogP contribution < -0.4 is 5.32 Å². The van der Waals surface area contributed by atoms with Gasteiger partial charge in [-0.1, -0.05) is 54.4 Å². The molecule has 156 valence electrons. The summed E-state index contributed by atoms with van der Waals surface area (Å²) in [6.45, 7) is 10.3. The number of amides is 2. The molecule has 0 aliphatic carbocycles. The molecular weight excluding hydrogens is 380 g/mol. The maximum Gasteiger partial charge on any atom is 0.242 e. The average molecular weight is 413 g/mol. The highest BCUT2D eigenvalue weighted by atomic mass is 32.2. The molecule has 2 amide bonds. The molecule has 4 nitrogen and oxygen atoms in total. The molecule has 0 aromatic heterocycles. The summed E-state index contributed by atoms with van der Waals surface area (Å²) < 4.78 is 0. The predicted molar refractivity (Wildman–Crippen MR) is 121 cm³/mol. The van der Waals surface area contributed by atoms with Crippen molar-refractivity contribution in [2.24, 2.45) is 0 Å². The van der Waals surface area contributed by atoms with Crippen LogP contribution in [0.4, 0.5) is 0 Å². The Kier molecular flexibility index (Phi) is 8.77. The Labute approximate surface area is 179 Å². The number of thioether (sulfide) groups is 1. The fourth-order valence-electron chi connectivity index (χ4n) is 2.92. The lowest BCUT2D eigenvalue weighted by molar-refractivity contribution is -0.138. The monoisotopic (exact) mass is 412 g/mol. The molecule has 0 bridgehead atoms. The summed E-state index contributed by atoms with van der Waals surface area (Å²) in [5.41, 5.74) is 3.36. The van der Waals surface area contributed by atoms with E-state index in [0.29, 0.717) is 12.3 Å². The van der Waals surface area contributed by atoms with Gasteiger partial charge in [-0.15, -0.1) is 11.8 Å². The standard InChI is InChI=1S/C24H32N2O2S/c1-6-19(4)25-24(28)20(5)26(15-21-9-7-8-18(3)14-21)23(27)16-29-22-12-10-17(2)11-13-22/h7-14,19-20H,6,15-16H2,1-5H3,(H,25,28)/t19-,20-/m1/s1. The number of nitrogens with one attached hydrogen (secondary N) is 1. The van der Waals surface area contributed by atoms with E-state index in [9.17, 15) is 9.59 Å². The Bertz CT molecular complexity index is 820. The molecule has 29 heavy (non-hydrogen) atoms. The topological polar surface area (TPSA) is 49.4 Å². The van der Waals surface area contributed by atoms with Crippen molar-refractivity contribution in [2.75, 3.05) is 5.75 Å². The second-order valence-electron chi connectivity index (χ2n) is 7.61. The van der Waals surface area contributed by atoms with E-state index >= 15 is 0 Å². The molecule has 0 spiro atoms. The van der Waals surface area contributed by atoms with Crippen LogP contribution in [-0.2, 0) is 16.1 Å². The van der Waals surface area contributed by atoms with Crippen molar-refractivity contribution in [2.45, 2.75) is 64.6 Å². The second kappa shape index (κ2) is 11.1. The first-order valence-electron chi connectivity index (χ1n) is 10.1. The molecule has 0 heterocycles. The largest absolute Gasteiger partial charge is 0.352 e. The molecule has 0 aliphatic rings. The van der Waals surface area contributed by atoms with Gasteiger partial charge in [0.25, 0.3) is 0 Å². The summed E-state index contributed by atoms with van der Waals surface area (Å²) in [7, 11) is 0. The van der Waals surface area contributed by atoms with Gasteiger partial charge in [-0.2, -0.15) is 0 Å². The molecule has 0 unspecified atom stereocenters. The van der Waals surface area contributed by atoms with Gasteiger partial charge < -0.3 is 10.2 Å². The number of hydrogen-bond donors (Lipinski definition) is 1. The van der Waals surface area contributed by atoms with Crippen LogP contribution in [0, 0.1) is 13.8 Å². The van der Waals surface area contributed by atoms with Crippen LogP contribution in [0.5, 0.6) is 0 Å². The van der Waals surface area contributed by atoms with Crippen molar-refractivity contribution < 1.29 is 9.59 Å². The second-order valence-corrected chi connectivity index (χ2v) is 8.66. The predicted octanol–water partition coefficient (Wildman–Crippen LogP) is 4.73.